The molecule has 2 aromatic rings. The molecule has 0 radical (unpaired) electrons. The van der Waals surface area contributed by atoms with Crippen molar-refractivity contribution in [3.05, 3.63) is 64.7 Å². The van der Waals surface area contributed by atoms with Crippen molar-refractivity contribution in [1.29, 1.82) is 0 Å². The third-order valence-electron chi connectivity index (χ3n) is 5.11. The van der Waals surface area contributed by atoms with Gasteiger partial charge in [-0.05, 0) is 61.9 Å². The molecule has 3 rings (SSSR count). The van der Waals surface area contributed by atoms with Gasteiger partial charge in [0.2, 0.25) is 0 Å². The van der Waals surface area contributed by atoms with Crippen LogP contribution in [0.5, 0.6) is 5.75 Å². The molecule has 0 unspecified atom stereocenters. The SMILES string of the molecule is CN=C(NCCc1ccc(OCC(=O)NC2CC2)cc1)NCc1ccc(C)cc1C. The van der Waals surface area contributed by atoms with Crippen molar-refractivity contribution in [3.8, 4) is 5.75 Å². The van der Waals surface area contributed by atoms with Gasteiger partial charge in [0.15, 0.2) is 12.6 Å². The molecule has 2 aromatic carbocycles. The summed E-state index contributed by atoms with van der Waals surface area (Å²) >= 11 is 0. The van der Waals surface area contributed by atoms with Crippen LogP contribution in [-0.2, 0) is 17.8 Å². The lowest BCUT2D eigenvalue weighted by Gasteiger charge is -2.14. The van der Waals surface area contributed by atoms with E-state index in [1.54, 1.807) is 7.05 Å². The number of aryl methyl sites for hydroxylation is 2. The van der Waals surface area contributed by atoms with Crippen molar-refractivity contribution in [1.82, 2.24) is 16.0 Å². The van der Waals surface area contributed by atoms with Gasteiger partial charge in [-0.2, -0.15) is 0 Å². The molecule has 1 amide bonds. The van der Waals surface area contributed by atoms with E-state index in [9.17, 15) is 4.79 Å². The molecular formula is C24H32N4O2. The van der Waals surface area contributed by atoms with Crippen molar-refractivity contribution in [3.63, 3.8) is 0 Å². The third-order valence-corrected chi connectivity index (χ3v) is 5.11. The zero-order valence-corrected chi connectivity index (χ0v) is 18.1. The number of guanidine groups is 1. The van der Waals surface area contributed by atoms with Crippen LogP contribution in [0.4, 0.5) is 0 Å². The third kappa shape index (κ3) is 7.10. The van der Waals surface area contributed by atoms with E-state index in [2.05, 4.69) is 53.0 Å². The first-order valence-electron chi connectivity index (χ1n) is 10.6. The van der Waals surface area contributed by atoms with Gasteiger partial charge in [-0.15, -0.1) is 0 Å². The van der Waals surface area contributed by atoms with E-state index in [4.69, 9.17) is 4.74 Å². The van der Waals surface area contributed by atoms with Gasteiger partial charge in [0.25, 0.3) is 5.91 Å². The number of ether oxygens (including phenoxy) is 1. The molecule has 0 heterocycles. The summed E-state index contributed by atoms with van der Waals surface area (Å²) in [5.74, 6) is 1.45. The number of benzene rings is 2. The molecule has 6 heteroatoms. The van der Waals surface area contributed by atoms with Crippen LogP contribution in [0.25, 0.3) is 0 Å². The molecule has 1 aliphatic carbocycles. The first-order chi connectivity index (χ1) is 14.5. The molecule has 0 bridgehead atoms. The largest absolute Gasteiger partial charge is 0.484 e. The Morgan fingerprint density at radius 2 is 1.87 bits per heavy atom. The van der Waals surface area contributed by atoms with Gasteiger partial charge in [-0.25, -0.2) is 0 Å². The summed E-state index contributed by atoms with van der Waals surface area (Å²) in [6, 6.07) is 14.7. The summed E-state index contributed by atoms with van der Waals surface area (Å²) in [5.41, 5.74) is 5.02. The summed E-state index contributed by atoms with van der Waals surface area (Å²) in [5, 5.41) is 9.64. The highest BCUT2D eigenvalue weighted by molar-refractivity contribution is 5.79. The lowest BCUT2D eigenvalue weighted by atomic mass is 10.1. The monoisotopic (exact) mass is 408 g/mol. The highest BCUT2D eigenvalue weighted by Crippen LogP contribution is 2.18. The predicted octanol–water partition coefficient (Wildman–Crippen LogP) is 2.87. The van der Waals surface area contributed by atoms with Gasteiger partial charge < -0.3 is 20.7 Å². The smallest absolute Gasteiger partial charge is 0.258 e. The second-order valence-corrected chi connectivity index (χ2v) is 7.81. The van der Waals surface area contributed by atoms with Crippen molar-refractivity contribution in [2.24, 2.45) is 4.99 Å². The number of nitrogens with zero attached hydrogens (tertiary/aromatic N) is 1. The first kappa shape index (κ1) is 21.7. The maximum absolute atomic E-state index is 11.7. The van der Waals surface area contributed by atoms with Crippen LogP contribution in [-0.4, -0.2) is 38.1 Å². The second-order valence-electron chi connectivity index (χ2n) is 7.81. The minimum absolute atomic E-state index is 0.0505. The molecule has 6 nitrogen and oxygen atoms in total. The van der Waals surface area contributed by atoms with Gasteiger partial charge >= 0.3 is 0 Å². The first-order valence-corrected chi connectivity index (χ1v) is 10.6. The van der Waals surface area contributed by atoms with Gasteiger partial charge in [-0.1, -0.05) is 35.9 Å². The Balaban J connectivity index is 1.37. The van der Waals surface area contributed by atoms with E-state index in [1.165, 1.54) is 22.3 Å². The maximum Gasteiger partial charge on any atom is 0.258 e. The molecule has 160 valence electrons. The normalized spacial score (nSPS) is 13.6. The van der Waals surface area contributed by atoms with Crippen LogP contribution >= 0.6 is 0 Å². The molecule has 0 atom stereocenters. The van der Waals surface area contributed by atoms with Crippen molar-refractivity contribution in [2.75, 3.05) is 20.2 Å². The number of rotatable bonds is 9. The minimum Gasteiger partial charge on any atom is -0.484 e. The Bertz CT molecular complexity index is 873. The number of hydrogen-bond donors (Lipinski definition) is 3. The Morgan fingerprint density at radius 3 is 2.53 bits per heavy atom. The fraction of sp³-hybridized carbons (Fsp3) is 0.417. The van der Waals surface area contributed by atoms with Crippen molar-refractivity contribution in [2.45, 2.75) is 45.7 Å². The maximum atomic E-state index is 11.7. The zero-order valence-electron chi connectivity index (χ0n) is 18.1. The average molecular weight is 409 g/mol. The van der Waals surface area contributed by atoms with Gasteiger partial charge in [0.05, 0.1) is 0 Å². The topological polar surface area (TPSA) is 74.8 Å². The van der Waals surface area contributed by atoms with E-state index in [1.807, 2.05) is 24.3 Å². The number of hydrogen-bond acceptors (Lipinski definition) is 3. The summed E-state index contributed by atoms with van der Waals surface area (Å²) < 4.78 is 5.55. The average Bonchev–Trinajstić information content (AvgIpc) is 3.55. The van der Waals surface area contributed by atoms with Crippen LogP contribution in [0.1, 0.15) is 35.1 Å². The molecule has 0 saturated heterocycles. The molecule has 0 aliphatic heterocycles. The molecule has 3 N–H and O–H groups in total. The van der Waals surface area contributed by atoms with Crippen LogP contribution in [0.2, 0.25) is 0 Å². The van der Waals surface area contributed by atoms with E-state index in [0.717, 1.165) is 38.3 Å². The molecule has 0 aromatic heterocycles. The van der Waals surface area contributed by atoms with E-state index < -0.39 is 0 Å². The lowest BCUT2D eigenvalue weighted by molar-refractivity contribution is -0.123. The minimum atomic E-state index is -0.0505. The number of aliphatic imine (C=N–C) groups is 1. The van der Waals surface area contributed by atoms with Crippen LogP contribution in [0.15, 0.2) is 47.5 Å². The van der Waals surface area contributed by atoms with Gasteiger partial charge in [0.1, 0.15) is 5.75 Å². The van der Waals surface area contributed by atoms with Crippen LogP contribution < -0.4 is 20.7 Å². The van der Waals surface area contributed by atoms with Crippen LogP contribution in [0, 0.1) is 13.8 Å². The Labute approximate surface area is 179 Å². The standard InChI is InChI=1S/C24H32N4O2/c1-17-4-7-20(18(2)14-17)15-27-24(25-3)26-13-12-19-5-10-22(11-6-19)30-16-23(29)28-21-8-9-21/h4-7,10-11,14,21H,8-9,12-13,15-16H2,1-3H3,(H,28,29)(H2,25,26,27). The Kier molecular flexibility index (Phi) is 7.71. The molecule has 1 fully saturated rings. The lowest BCUT2D eigenvalue weighted by Crippen LogP contribution is -2.38. The number of amides is 1. The highest BCUT2D eigenvalue weighted by atomic mass is 16.5. The summed E-state index contributed by atoms with van der Waals surface area (Å²) in [4.78, 5) is 16.0. The van der Waals surface area contributed by atoms with E-state index in [-0.39, 0.29) is 12.5 Å². The molecule has 0 spiro atoms. The fourth-order valence-electron chi connectivity index (χ4n) is 3.17. The van der Waals surface area contributed by atoms with Crippen LogP contribution in [0.3, 0.4) is 0 Å². The van der Waals surface area contributed by atoms with Crippen molar-refractivity contribution < 1.29 is 9.53 Å². The van der Waals surface area contributed by atoms with E-state index in [0.29, 0.717) is 11.8 Å². The van der Waals surface area contributed by atoms with E-state index >= 15 is 0 Å². The molecule has 30 heavy (non-hydrogen) atoms. The predicted molar refractivity (Wildman–Crippen MR) is 121 cm³/mol. The zero-order chi connectivity index (χ0) is 21.3. The Morgan fingerprint density at radius 1 is 1.10 bits per heavy atom. The van der Waals surface area contributed by atoms with Gasteiger partial charge in [-0.3, -0.25) is 9.79 Å². The number of nitrogens with one attached hydrogen (secondary N) is 3. The molecule has 1 aliphatic rings. The van der Waals surface area contributed by atoms with Gasteiger partial charge in [0, 0.05) is 26.2 Å². The molecule has 1 saturated carbocycles. The highest BCUT2D eigenvalue weighted by Gasteiger charge is 2.23. The Hall–Kier alpha value is -3.02. The summed E-state index contributed by atoms with van der Waals surface area (Å²) in [7, 11) is 1.78. The quantitative estimate of drug-likeness (QED) is 0.441. The summed E-state index contributed by atoms with van der Waals surface area (Å²) in [6.45, 7) is 5.82. The fourth-order valence-corrected chi connectivity index (χ4v) is 3.17. The number of carbonyl (C=O) groups excluding carboxylic acids is 1. The second kappa shape index (κ2) is 10.7. The number of carbonyl (C=O) groups is 1. The summed E-state index contributed by atoms with van der Waals surface area (Å²) in [6.07, 6.45) is 3.03. The molecular weight excluding hydrogens is 376 g/mol. The van der Waals surface area contributed by atoms with Crippen molar-refractivity contribution >= 4 is 11.9 Å².